The van der Waals surface area contributed by atoms with Gasteiger partial charge in [-0.1, -0.05) is 13.8 Å². The van der Waals surface area contributed by atoms with Gasteiger partial charge in [-0.05, 0) is 40.0 Å². The molecule has 0 aromatic carbocycles. The van der Waals surface area contributed by atoms with Crippen LogP contribution in [-0.2, 0) is 25.0 Å². The molecule has 0 amide bonds. The van der Waals surface area contributed by atoms with Crippen molar-refractivity contribution in [3.63, 3.8) is 0 Å². The van der Waals surface area contributed by atoms with Gasteiger partial charge in [0, 0.05) is 12.8 Å². The van der Waals surface area contributed by atoms with Gasteiger partial charge in [0.05, 0.1) is 17.8 Å². The molecule has 0 saturated heterocycles. The summed E-state index contributed by atoms with van der Waals surface area (Å²) in [6.07, 6.45) is 0.118. The molecule has 0 N–H and O–H groups in total. The number of rotatable bonds is 7. The SMILES string of the molecule is CC(C)OC(=O)C(CC(C)(C)CC#N)=N[S@@](=O)OC(C)(C)C. The molecule has 0 unspecified atom stereocenters. The molecule has 0 radical (unpaired) electrons. The molecule has 7 heteroatoms. The summed E-state index contributed by atoms with van der Waals surface area (Å²) in [5.41, 5.74) is -1.10. The minimum Gasteiger partial charge on any atom is -0.458 e. The minimum atomic E-state index is -1.99. The maximum Gasteiger partial charge on any atom is 0.353 e. The lowest BCUT2D eigenvalue weighted by Gasteiger charge is -2.22. The summed E-state index contributed by atoms with van der Waals surface area (Å²) in [6.45, 7) is 12.3. The predicted octanol–water partition coefficient (Wildman–Crippen LogP) is 3.10. The van der Waals surface area contributed by atoms with Gasteiger partial charge in [0.15, 0.2) is 0 Å². The third-order valence-corrected chi connectivity index (χ3v) is 3.30. The van der Waals surface area contributed by atoms with Crippen molar-refractivity contribution in [1.82, 2.24) is 0 Å². The van der Waals surface area contributed by atoms with E-state index < -0.39 is 28.3 Å². The number of carbonyl (C=O) groups is 1. The Morgan fingerprint density at radius 3 is 2.23 bits per heavy atom. The predicted molar refractivity (Wildman–Crippen MR) is 86.3 cm³/mol. The van der Waals surface area contributed by atoms with Crippen molar-refractivity contribution in [2.24, 2.45) is 9.81 Å². The number of carbonyl (C=O) groups excluding carboxylic acids is 1. The third kappa shape index (κ3) is 9.64. The third-order valence-electron chi connectivity index (χ3n) is 2.29. The Balaban J connectivity index is 5.30. The van der Waals surface area contributed by atoms with Gasteiger partial charge < -0.3 is 4.74 Å². The molecule has 0 aliphatic carbocycles. The molecule has 0 bridgehead atoms. The first-order chi connectivity index (χ1) is 9.86. The molecule has 126 valence electrons. The maximum atomic E-state index is 12.1. The van der Waals surface area contributed by atoms with Crippen molar-refractivity contribution >= 4 is 22.9 Å². The molecule has 0 heterocycles. The first-order valence-electron chi connectivity index (χ1n) is 7.13. The van der Waals surface area contributed by atoms with Gasteiger partial charge in [-0.15, -0.1) is 0 Å². The summed E-state index contributed by atoms with van der Waals surface area (Å²) in [5.74, 6) is -0.633. The van der Waals surface area contributed by atoms with Crippen molar-refractivity contribution < 1.29 is 17.9 Å². The molecule has 0 saturated carbocycles. The molecule has 22 heavy (non-hydrogen) atoms. The summed E-state index contributed by atoms with van der Waals surface area (Å²) in [4.78, 5) is 12.1. The van der Waals surface area contributed by atoms with Gasteiger partial charge in [0.25, 0.3) is 11.3 Å². The van der Waals surface area contributed by atoms with E-state index in [0.717, 1.165) is 0 Å². The number of esters is 1. The molecule has 0 aromatic heterocycles. The van der Waals surface area contributed by atoms with Crippen LogP contribution in [0.2, 0.25) is 0 Å². The van der Waals surface area contributed by atoms with Gasteiger partial charge in [-0.3, -0.25) is 4.18 Å². The topological polar surface area (TPSA) is 88.8 Å². The second-order valence-electron chi connectivity index (χ2n) is 7.08. The molecule has 0 spiro atoms. The van der Waals surface area contributed by atoms with Crippen LogP contribution < -0.4 is 0 Å². The molecule has 0 aromatic rings. The first-order valence-corrected chi connectivity index (χ1v) is 8.16. The van der Waals surface area contributed by atoms with Crippen LogP contribution in [0, 0.1) is 16.7 Å². The molecule has 6 nitrogen and oxygen atoms in total. The van der Waals surface area contributed by atoms with Gasteiger partial charge in [-0.2, -0.15) is 9.66 Å². The largest absolute Gasteiger partial charge is 0.458 e. The van der Waals surface area contributed by atoms with Gasteiger partial charge >= 0.3 is 5.97 Å². The van der Waals surface area contributed by atoms with Crippen LogP contribution in [0.15, 0.2) is 4.40 Å². The van der Waals surface area contributed by atoms with Crippen LogP contribution in [0.4, 0.5) is 0 Å². The fraction of sp³-hybridized carbons (Fsp3) is 0.800. The highest BCUT2D eigenvalue weighted by Gasteiger charge is 2.27. The fourth-order valence-electron chi connectivity index (χ4n) is 1.48. The van der Waals surface area contributed by atoms with Gasteiger partial charge in [-0.25, -0.2) is 9.00 Å². The number of ether oxygens (including phenoxy) is 1. The van der Waals surface area contributed by atoms with Crippen LogP contribution in [0.25, 0.3) is 0 Å². The lowest BCUT2D eigenvalue weighted by atomic mass is 9.84. The van der Waals surface area contributed by atoms with E-state index in [1.807, 2.05) is 13.8 Å². The number of hydrogen-bond donors (Lipinski definition) is 0. The van der Waals surface area contributed by atoms with Crippen LogP contribution in [0.3, 0.4) is 0 Å². The van der Waals surface area contributed by atoms with Crippen LogP contribution in [0.5, 0.6) is 0 Å². The molecule has 0 rings (SSSR count). The monoisotopic (exact) mass is 330 g/mol. The van der Waals surface area contributed by atoms with Gasteiger partial charge in [0.1, 0.15) is 5.71 Å². The second kappa shape index (κ2) is 8.39. The van der Waals surface area contributed by atoms with E-state index in [1.54, 1.807) is 34.6 Å². The highest BCUT2D eigenvalue weighted by atomic mass is 32.2. The normalized spacial score (nSPS) is 14.6. The molecular formula is C15H26N2O4S. The lowest BCUT2D eigenvalue weighted by molar-refractivity contribution is -0.139. The summed E-state index contributed by atoms with van der Waals surface area (Å²) in [5, 5.41) is 8.84. The van der Waals surface area contributed by atoms with E-state index >= 15 is 0 Å². The highest BCUT2D eigenvalue weighted by molar-refractivity contribution is 7.79. The average Bonchev–Trinajstić information content (AvgIpc) is 2.23. The van der Waals surface area contributed by atoms with Crippen LogP contribution in [0.1, 0.15) is 61.3 Å². The van der Waals surface area contributed by atoms with Crippen molar-refractivity contribution in [2.45, 2.75) is 73.0 Å². The van der Waals surface area contributed by atoms with Crippen molar-refractivity contribution in [2.75, 3.05) is 0 Å². The van der Waals surface area contributed by atoms with Crippen molar-refractivity contribution in [3.05, 3.63) is 0 Å². The van der Waals surface area contributed by atoms with Gasteiger partial charge in [0.2, 0.25) is 0 Å². The zero-order chi connectivity index (χ0) is 17.6. The van der Waals surface area contributed by atoms with Crippen LogP contribution in [-0.4, -0.2) is 27.6 Å². The Morgan fingerprint density at radius 2 is 1.82 bits per heavy atom. The smallest absolute Gasteiger partial charge is 0.353 e. The maximum absolute atomic E-state index is 12.1. The van der Waals surface area contributed by atoms with E-state index in [9.17, 15) is 9.00 Å². The fourth-order valence-corrected chi connectivity index (χ4v) is 2.26. The second-order valence-corrected chi connectivity index (χ2v) is 7.86. The van der Waals surface area contributed by atoms with E-state index in [2.05, 4.69) is 10.5 Å². The van der Waals surface area contributed by atoms with Crippen molar-refractivity contribution in [1.29, 1.82) is 5.26 Å². The molecule has 1 atom stereocenters. The average molecular weight is 330 g/mol. The number of nitrogens with zero attached hydrogens (tertiary/aromatic N) is 2. The Morgan fingerprint density at radius 1 is 1.27 bits per heavy atom. The zero-order valence-electron chi connectivity index (χ0n) is 14.4. The Hall–Kier alpha value is -1.26. The Labute approximate surface area is 135 Å². The van der Waals surface area contributed by atoms with E-state index in [1.165, 1.54) is 0 Å². The number of hydrogen-bond acceptors (Lipinski definition) is 5. The lowest BCUT2D eigenvalue weighted by Crippen LogP contribution is -2.28. The van der Waals surface area contributed by atoms with Crippen molar-refractivity contribution in [3.8, 4) is 6.07 Å². The summed E-state index contributed by atoms with van der Waals surface area (Å²) in [6, 6.07) is 2.07. The summed E-state index contributed by atoms with van der Waals surface area (Å²) >= 11 is -1.99. The quantitative estimate of drug-likeness (QED) is 0.528. The minimum absolute atomic E-state index is 0.0246. The molecule has 0 aliphatic heterocycles. The molecule has 0 fully saturated rings. The number of nitriles is 1. The Bertz CT molecular complexity index is 485. The molecular weight excluding hydrogens is 304 g/mol. The summed E-state index contributed by atoms with van der Waals surface area (Å²) < 4.78 is 26.1. The summed E-state index contributed by atoms with van der Waals surface area (Å²) in [7, 11) is 0. The van der Waals surface area contributed by atoms with E-state index in [4.69, 9.17) is 14.2 Å². The molecule has 0 aliphatic rings. The van der Waals surface area contributed by atoms with E-state index in [-0.39, 0.29) is 24.7 Å². The Kier molecular flexibility index (Phi) is 7.91. The zero-order valence-corrected chi connectivity index (χ0v) is 15.2. The highest BCUT2D eigenvalue weighted by Crippen LogP contribution is 2.26. The standard InChI is InChI=1S/C15H26N2O4S/c1-11(2)20-13(18)12(10-15(6,7)8-9-16)17-22(19)21-14(3,4)5/h11H,8,10H2,1-7H3/t22-/m0/s1. The van der Waals surface area contributed by atoms with Crippen LogP contribution >= 0.6 is 0 Å². The van der Waals surface area contributed by atoms with E-state index in [0.29, 0.717) is 0 Å². The first kappa shape index (κ1) is 20.7.